The van der Waals surface area contributed by atoms with E-state index in [0.29, 0.717) is 6.41 Å². The van der Waals surface area contributed by atoms with Crippen LogP contribution in [0.15, 0.2) is 60.0 Å². The molecule has 0 atom stereocenters. The number of hydrogen-bond acceptors (Lipinski definition) is 3. The molecule has 1 aromatic heterocycles. The maximum Gasteiger partial charge on any atom is 0.211 e. The van der Waals surface area contributed by atoms with E-state index in [1.54, 1.807) is 11.3 Å². The van der Waals surface area contributed by atoms with Crippen LogP contribution in [0, 0.1) is 0 Å². The Morgan fingerprint density at radius 3 is 2.60 bits per heavy atom. The maximum atomic E-state index is 10.5. The zero-order valence-electron chi connectivity index (χ0n) is 10.6. The second kappa shape index (κ2) is 5.67. The minimum atomic E-state index is 0.677. The Hall–Kier alpha value is -2.46. The highest BCUT2D eigenvalue weighted by molar-refractivity contribution is 7.13. The van der Waals surface area contributed by atoms with Crippen molar-refractivity contribution in [3.05, 3.63) is 60.0 Å². The predicted molar refractivity (Wildman–Crippen MR) is 82.7 cm³/mol. The highest BCUT2D eigenvalue weighted by Crippen LogP contribution is 2.29. The van der Waals surface area contributed by atoms with Crippen molar-refractivity contribution in [2.75, 3.05) is 5.32 Å². The van der Waals surface area contributed by atoms with Crippen LogP contribution in [0.3, 0.4) is 0 Å². The third-order valence-corrected chi connectivity index (χ3v) is 3.80. The van der Waals surface area contributed by atoms with Crippen LogP contribution in [0.1, 0.15) is 0 Å². The molecule has 0 spiro atoms. The number of anilines is 1. The van der Waals surface area contributed by atoms with Crippen molar-refractivity contribution in [3.8, 4) is 21.8 Å². The quantitative estimate of drug-likeness (QED) is 0.733. The van der Waals surface area contributed by atoms with Gasteiger partial charge < -0.3 is 5.32 Å². The molecule has 0 unspecified atom stereocenters. The van der Waals surface area contributed by atoms with Gasteiger partial charge in [0.05, 0.1) is 5.69 Å². The van der Waals surface area contributed by atoms with E-state index < -0.39 is 0 Å². The molecule has 4 heteroatoms. The van der Waals surface area contributed by atoms with Crippen molar-refractivity contribution in [1.29, 1.82) is 0 Å². The van der Waals surface area contributed by atoms with Gasteiger partial charge in [-0.05, 0) is 12.1 Å². The van der Waals surface area contributed by atoms with E-state index in [1.165, 1.54) is 0 Å². The van der Waals surface area contributed by atoms with Gasteiger partial charge in [0.2, 0.25) is 6.41 Å². The van der Waals surface area contributed by atoms with Gasteiger partial charge in [-0.3, -0.25) is 4.79 Å². The molecule has 98 valence electrons. The van der Waals surface area contributed by atoms with E-state index in [4.69, 9.17) is 0 Å². The Morgan fingerprint density at radius 1 is 1.00 bits per heavy atom. The summed E-state index contributed by atoms with van der Waals surface area (Å²) in [6, 6.07) is 17.8. The molecule has 3 aromatic rings. The molecule has 1 N–H and O–H groups in total. The average molecular weight is 280 g/mol. The third kappa shape index (κ3) is 2.60. The van der Waals surface area contributed by atoms with E-state index in [9.17, 15) is 4.79 Å². The fraction of sp³-hybridized carbons (Fsp3) is 0. The number of benzene rings is 2. The SMILES string of the molecule is O=CNc1cccc(-c2nc(-c3ccccc3)cs2)c1. The summed E-state index contributed by atoms with van der Waals surface area (Å²) in [6.45, 7) is 0. The number of amides is 1. The van der Waals surface area contributed by atoms with Crippen molar-refractivity contribution >= 4 is 23.4 Å². The molecule has 2 aromatic carbocycles. The first kappa shape index (κ1) is 12.6. The Morgan fingerprint density at radius 2 is 1.80 bits per heavy atom. The van der Waals surface area contributed by atoms with Gasteiger partial charge >= 0.3 is 0 Å². The Kier molecular flexibility index (Phi) is 3.56. The third-order valence-electron chi connectivity index (χ3n) is 2.91. The lowest BCUT2D eigenvalue weighted by molar-refractivity contribution is -0.105. The average Bonchev–Trinajstić information content (AvgIpc) is 2.99. The van der Waals surface area contributed by atoms with Crippen LogP contribution in [-0.4, -0.2) is 11.4 Å². The number of carbonyl (C=O) groups excluding carboxylic acids is 1. The van der Waals surface area contributed by atoms with E-state index in [0.717, 1.165) is 27.5 Å². The first-order valence-corrected chi connectivity index (χ1v) is 7.06. The van der Waals surface area contributed by atoms with Gasteiger partial charge in [-0.1, -0.05) is 42.5 Å². The van der Waals surface area contributed by atoms with E-state index in [-0.39, 0.29) is 0 Å². The van der Waals surface area contributed by atoms with Gasteiger partial charge in [-0.15, -0.1) is 11.3 Å². The van der Waals surface area contributed by atoms with Crippen LogP contribution in [0.5, 0.6) is 0 Å². The molecular weight excluding hydrogens is 268 g/mol. The minimum Gasteiger partial charge on any atom is -0.329 e. The first-order chi connectivity index (χ1) is 9.86. The van der Waals surface area contributed by atoms with E-state index in [1.807, 2.05) is 60.0 Å². The van der Waals surface area contributed by atoms with E-state index >= 15 is 0 Å². The molecule has 0 aliphatic carbocycles. The van der Waals surface area contributed by atoms with Crippen LogP contribution in [0.25, 0.3) is 21.8 Å². The molecule has 0 aliphatic rings. The molecule has 0 saturated carbocycles. The summed E-state index contributed by atoms with van der Waals surface area (Å²) in [4.78, 5) is 15.1. The molecule has 1 heterocycles. The Bertz CT molecular complexity index is 722. The molecule has 0 fully saturated rings. The van der Waals surface area contributed by atoms with Crippen molar-refractivity contribution in [2.45, 2.75) is 0 Å². The number of hydrogen-bond donors (Lipinski definition) is 1. The summed E-state index contributed by atoms with van der Waals surface area (Å²) < 4.78 is 0. The number of thiazole rings is 1. The molecule has 0 bridgehead atoms. The molecule has 1 amide bonds. The standard InChI is InChI=1S/C16H12N2OS/c19-11-17-14-8-4-7-13(9-14)16-18-15(10-20-16)12-5-2-1-3-6-12/h1-11H,(H,17,19). The van der Waals surface area contributed by atoms with Gasteiger partial charge in [0, 0.05) is 22.2 Å². The van der Waals surface area contributed by atoms with Crippen molar-refractivity contribution in [3.63, 3.8) is 0 Å². The summed E-state index contributed by atoms with van der Waals surface area (Å²) in [6.07, 6.45) is 0.677. The highest BCUT2D eigenvalue weighted by atomic mass is 32.1. The smallest absolute Gasteiger partial charge is 0.211 e. The minimum absolute atomic E-state index is 0.677. The van der Waals surface area contributed by atoms with Crippen molar-refractivity contribution < 1.29 is 4.79 Å². The van der Waals surface area contributed by atoms with Crippen LogP contribution < -0.4 is 5.32 Å². The fourth-order valence-electron chi connectivity index (χ4n) is 1.96. The Balaban J connectivity index is 1.94. The first-order valence-electron chi connectivity index (χ1n) is 6.18. The van der Waals surface area contributed by atoms with Gasteiger partial charge in [-0.2, -0.15) is 0 Å². The largest absolute Gasteiger partial charge is 0.329 e. The maximum absolute atomic E-state index is 10.5. The molecule has 0 aliphatic heterocycles. The monoisotopic (exact) mass is 280 g/mol. The zero-order chi connectivity index (χ0) is 13.8. The van der Waals surface area contributed by atoms with Crippen LogP contribution >= 0.6 is 11.3 Å². The highest BCUT2D eigenvalue weighted by Gasteiger charge is 2.06. The van der Waals surface area contributed by atoms with E-state index in [2.05, 4.69) is 10.3 Å². The van der Waals surface area contributed by atoms with Gasteiger partial charge in [0.1, 0.15) is 5.01 Å². The number of nitrogens with zero attached hydrogens (tertiary/aromatic N) is 1. The summed E-state index contributed by atoms with van der Waals surface area (Å²) in [5.41, 5.74) is 3.86. The summed E-state index contributed by atoms with van der Waals surface area (Å²) in [5.74, 6) is 0. The zero-order valence-corrected chi connectivity index (χ0v) is 11.4. The van der Waals surface area contributed by atoms with Gasteiger partial charge in [0.15, 0.2) is 0 Å². The molecular formula is C16H12N2OS. The summed E-state index contributed by atoms with van der Waals surface area (Å²) >= 11 is 1.60. The topological polar surface area (TPSA) is 42.0 Å². The lowest BCUT2D eigenvalue weighted by atomic mass is 10.2. The number of carbonyl (C=O) groups is 1. The second-order valence-electron chi connectivity index (χ2n) is 4.25. The number of aromatic nitrogens is 1. The van der Waals surface area contributed by atoms with Crippen LogP contribution in [-0.2, 0) is 4.79 Å². The Labute approximate surface area is 120 Å². The molecule has 3 rings (SSSR count). The van der Waals surface area contributed by atoms with Gasteiger partial charge in [-0.25, -0.2) is 4.98 Å². The van der Waals surface area contributed by atoms with Crippen molar-refractivity contribution in [2.24, 2.45) is 0 Å². The lowest BCUT2D eigenvalue weighted by Crippen LogP contribution is -1.93. The van der Waals surface area contributed by atoms with Crippen LogP contribution in [0.4, 0.5) is 5.69 Å². The van der Waals surface area contributed by atoms with Gasteiger partial charge in [0.25, 0.3) is 0 Å². The lowest BCUT2D eigenvalue weighted by Gasteiger charge is -2.01. The molecule has 3 nitrogen and oxygen atoms in total. The number of nitrogens with one attached hydrogen (secondary N) is 1. The number of rotatable bonds is 4. The molecule has 20 heavy (non-hydrogen) atoms. The molecule has 0 saturated heterocycles. The normalized spacial score (nSPS) is 10.2. The predicted octanol–water partition coefficient (Wildman–Crippen LogP) is 4.05. The van der Waals surface area contributed by atoms with Crippen molar-refractivity contribution in [1.82, 2.24) is 4.98 Å². The second-order valence-corrected chi connectivity index (χ2v) is 5.11. The summed E-state index contributed by atoms with van der Waals surface area (Å²) in [5, 5.41) is 5.64. The fourth-order valence-corrected chi connectivity index (χ4v) is 2.78. The molecule has 0 radical (unpaired) electrons. The summed E-state index contributed by atoms with van der Waals surface area (Å²) in [7, 11) is 0. The van der Waals surface area contributed by atoms with Crippen LogP contribution in [0.2, 0.25) is 0 Å².